The van der Waals surface area contributed by atoms with Crippen LogP contribution < -0.4 is 9.47 Å². The largest absolute Gasteiger partial charge is 0.493 e. The Morgan fingerprint density at radius 1 is 1.22 bits per heavy atom. The maximum atomic E-state index is 11.8. The fourth-order valence-corrected chi connectivity index (χ4v) is 2.76. The van der Waals surface area contributed by atoms with Crippen molar-refractivity contribution in [2.75, 3.05) is 13.7 Å². The minimum atomic E-state index is -0.191. The van der Waals surface area contributed by atoms with Gasteiger partial charge in [0.15, 0.2) is 11.5 Å². The number of carbonyl (C=O) groups is 1. The number of rotatable bonds is 9. The van der Waals surface area contributed by atoms with Gasteiger partial charge in [0.25, 0.3) is 0 Å². The number of thiophene rings is 1. The molecule has 2 aromatic rings. The molecule has 5 heteroatoms. The number of esters is 1. The molecule has 0 radical (unpaired) electrons. The summed E-state index contributed by atoms with van der Waals surface area (Å²) in [5.74, 6) is 1.18. The first-order valence-electron chi connectivity index (χ1n) is 7.70. The van der Waals surface area contributed by atoms with E-state index in [4.69, 9.17) is 14.2 Å². The Kier molecular flexibility index (Phi) is 6.94. The lowest BCUT2D eigenvalue weighted by atomic mass is 10.2. The molecule has 124 valence electrons. The highest BCUT2D eigenvalue weighted by Gasteiger charge is 2.08. The molecule has 0 unspecified atom stereocenters. The Labute approximate surface area is 141 Å². The average molecular weight is 334 g/mol. The fraction of sp³-hybridized carbons (Fsp3) is 0.389. The van der Waals surface area contributed by atoms with Gasteiger partial charge in [-0.3, -0.25) is 4.79 Å². The second-order valence-corrected chi connectivity index (χ2v) is 6.11. The zero-order valence-electron chi connectivity index (χ0n) is 13.5. The van der Waals surface area contributed by atoms with E-state index in [0.717, 1.165) is 18.4 Å². The van der Waals surface area contributed by atoms with E-state index >= 15 is 0 Å². The summed E-state index contributed by atoms with van der Waals surface area (Å²) < 4.78 is 16.2. The summed E-state index contributed by atoms with van der Waals surface area (Å²) in [7, 11) is 1.60. The molecule has 4 nitrogen and oxygen atoms in total. The van der Waals surface area contributed by atoms with Crippen LogP contribution in [0.1, 0.15) is 30.2 Å². The van der Waals surface area contributed by atoms with Gasteiger partial charge in [0.1, 0.15) is 6.61 Å². The summed E-state index contributed by atoms with van der Waals surface area (Å²) >= 11 is 1.65. The van der Waals surface area contributed by atoms with Gasteiger partial charge in [0.2, 0.25) is 0 Å². The molecule has 0 spiro atoms. The number of benzene rings is 1. The van der Waals surface area contributed by atoms with Crippen LogP contribution in [0.2, 0.25) is 0 Å². The second-order valence-electron chi connectivity index (χ2n) is 5.07. The molecule has 0 aliphatic heterocycles. The van der Waals surface area contributed by atoms with E-state index in [2.05, 4.69) is 6.92 Å². The van der Waals surface area contributed by atoms with E-state index in [1.54, 1.807) is 18.4 Å². The molecular weight excluding hydrogens is 312 g/mol. The molecule has 2 rings (SSSR count). The van der Waals surface area contributed by atoms with Gasteiger partial charge in [-0.15, -0.1) is 11.3 Å². The molecule has 0 bridgehead atoms. The summed E-state index contributed by atoms with van der Waals surface area (Å²) in [5, 5.41) is 2.01. The number of hydrogen-bond acceptors (Lipinski definition) is 5. The molecule has 0 aliphatic carbocycles. The average Bonchev–Trinajstić information content (AvgIpc) is 3.10. The first-order chi connectivity index (χ1) is 11.2. The third-order valence-corrected chi connectivity index (χ3v) is 4.18. The second kappa shape index (κ2) is 9.20. The van der Waals surface area contributed by atoms with Gasteiger partial charge in [-0.25, -0.2) is 0 Å². The predicted octanol–water partition coefficient (Wildman–Crippen LogP) is 4.22. The molecule has 0 amide bonds. The van der Waals surface area contributed by atoms with Crippen molar-refractivity contribution in [3.05, 3.63) is 46.2 Å². The third-order valence-electron chi connectivity index (χ3n) is 3.25. The van der Waals surface area contributed by atoms with Crippen LogP contribution in [-0.4, -0.2) is 19.7 Å². The van der Waals surface area contributed by atoms with Crippen molar-refractivity contribution in [2.45, 2.75) is 32.8 Å². The van der Waals surface area contributed by atoms with Gasteiger partial charge >= 0.3 is 5.97 Å². The monoisotopic (exact) mass is 334 g/mol. The van der Waals surface area contributed by atoms with Gasteiger partial charge in [0, 0.05) is 4.88 Å². The van der Waals surface area contributed by atoms with Crippen molar-refractivity contribution in [1.29, 1.82) is 0 Å². The Bertz CT molecular complexity index is 607. The van der Waals surface area contributed by atoms with Crippen LogP contribution in [-0.2, 0) is 22.6 Å². The number of ether oxygens (including phenoxy) is 3. The maximum Gasteiger partial charge on any atom is 0.306 e. The van der Waals surface area contributed by atoms with E-state index in [1.807, 2.05) is 35.7 Å². The van der Waals surface area contributed by atoms with Crippen LogP contribution in [0.5, 0.6) is 11.5 Å². The van der Waals surface area contributed by atoms with Crippen molar-refractivity contribution >= 4 is 17.3 Å². The van der Waals surface area contributed by atoms with Crippen LogP contribution >= 0.6 is 11.3 Å². The molecule has 0 fully saturated rings. The number of methoxy groups -OCH3 is 1. The van der Waals surface area contributed by atoms with Gasteiger partial charge in [-0.05, 0) is 42.0 Å². The first-order valence-corrected chi connectivity index (χ1v) is 8.58. The third kappa shape index (κ3) is 5.60. The molecule has 1 heterocycles. The van der Waals surface area contributed by atoms with E-state index in [1.165, 1.54) is 4.88 Å². The van der Waals surface area contributed by atoms with Crippen molar-refractivity contribution in [3.8, 4) is 11.5 Å². The first kappa shape index (κ1) is 17.3. The molecule has 1 aromatic carbocycles. The van der Waals surface area contributed by atoms with E-state index in [0.29, 0.717) is 24.5 Å². The van der Waals surface area contributed by atoms with Crippen molar-refractivity contribution in [2.24, 2.45) is 0 Å². The Hall–Kier alpha value is -2.01. The van der Waals surface area contributed by atoms with Gasteiger partial charge in [-0.2, -0.15) is 0 Å². The molecule has 0 atom stereocenters. The molecule has 0 saturated carbocycles. The molecule has 0 aliphatic rings. The highest BCUT2D eigenvalue weighted by atomic mass is 32.1. The van der Waals surface area contributed by atoms with Crippen LogP contribution in [0.15, 0.2) is 35.7 Å². The summed E-state index contributed by atoms with van der Waals surface area (Å²) in [6, 6.07) is 9.60. The van der Waals surface area contributed by atoms with Gasteiger partial charge in [0.05, 0.1) is 20.1 Å². The number of hydrogen-bond donors (Lipinski definition) is 0. The fourth-order valence-electron chi connectivity index (χ4n) is 2.05. The van der Waals surface area contributed by atoms with E-state index < -0.39 is 0 Å². The molecule has 23 heavy (non-hydrogen) atoms. The van der Waals surface area contributed by atoms with E-state index in [9.17, 15) is 4.79 Å². The minimum absolute atomic E-state index is 0.191. The molecule has 0 saturated heterocycles. The van der Waals surface area contributed by atoms with Gasteiger partial charge in [-0.1, -0.05) is 19.1 Å². The van der Waals surface area contributed by atoms with Crippen LogP contribution in [0, 0.1) is 0 Å². The van der Waals surface area contributed by atoms with Crippen LogP contribution in [0.3, 0.4) is 0 Å². The topological polar surface area (TPSA) is 44.8 Å². The Morgan fingerprint density at radius 2 is 2.09 bits per heavy atom. The summed E-state index contributed by atoms with van der Waals surface area (Å²) in [6.45, 7) is 2.94. The maximum absolute atomic E-state index is 11.8. The van der Waals surface area contributed by atoms with Crippen molar-refractivity contribution in [3.63, 3.8) is 0 Å². The summed E-state index contributed by atoms with van der Waals surface area (Å²) in [5.41, 5.74) is 0.884. The van der Waals surface area contributed by atoms with Crippen molar-refractivity contribution in [1.82, 2.24) is 0 Å². The van der Waals surface area contributed by atoms with Gasteiger partial charge < -0.3 is 14.2 Å². The zero-order chi connectivity index (χ0) is 16.5. The predicted molar refractivity (Wildman–Crippen MR) is 91.2 cm³/mol. The normalized spacial score (nSPS) is 10.3. The molecule has 0 N–H and O–H groups in total. The molecule has 1 aromatic heterocycles. The highest BCUT2D eigenvalue weighted by Crippen LogP contribution is 2.28. The van der Waals surface area contributed by atoms with Crippen LogP contribution in [0.4, 0.5) is 0 Å². The minimum Gasteiger partial charge on any atom is -0.493 e. The Balaban J connectivity index is 1.83. The summed E-state index contributed by atoms with van der Waals surface area (Å²) in [4.78, 5) is 13.0. The lowest BCUT2D eigenvalue weighted by Crippen LogP contribution is -2.06. The Morgan fingerprint density at radius 3 is 2.78 bits per heavy atom. The SMILES string of the molecule is CCCOc1ccc(COC(=O)CCc2cccs2)cc1OC. The number of carbonyl (C=O) groups excluding carboxylic acids is 1. The highest BCUT2D eigenvalue weighted by molar-refractivity contribution is 7.09. The quantitative estimate of drug-likeness (QED) is 0.644. The zero-order valence-corrected chi connectivity index (χ0v) is 14.4. The van der Waals surface area contributed by atoms with E-state index in [-0.39, 0.29) is 12.6 Å². The van der Waals surface area contributed by atoms with Crippen LogP contribution in [0.25, 0.3) is 0 Å². The molecular formula is C18H22O4S. The summed E-state index contributed by atoms with van der Waals surface area (Å²) in [6.07, 6.45) is 2.06. The smallest absolute Gasteiger partial charge is 0.306 e. The standard InChI is InChI=1S/C18H22O4S/c1-3-10-21-16-8-6-14(12-17(16)20-2)13-22-18(19)9-7-15-5-4-11-23-15/h4-6,8,11-12H,3,7,9-10,13H2,1-2H3. The number of aryl methyl sites for hydroxylation is 1. The van der Waals surface area contributed by atoms with Crippen molar-refractivity contribution < 1.29 is 19.0 Å². The lowest BCUT2D eigenvalue weighted by Gasteiger charge is -2.12. The lowest BCUT2D eigenvalue weighted by molar-refractivity contribution is -0.144.